The summed E-state index contributed by atoms with van der Waals surface area (Å²) in [6.45, 7) is 30.8. The predicted molar refractivity (Wildman–Crippen MR) is 163 cm³/mol. The molecule has 2 N–H and O–H groups in total. The van der Waals surface area contributed by atoms with Gasteiger partial charge in [-0.3, -0.25) is 9.80 Å². The molecule has 2 bridgehead atoms. The lowest BCUT2D eigenvalue weighted by molar-refractivity contribution is 0.181. The topological polar surface area (TPSA) is 37.0 Å². The molecule has 5 rings (SSSR count). The van der Waals surface area contributed by atoms with Crippen LogP contribution < -0.4 is 10.6 Å². The highest BCUT2D eigenvalue weighted by molar-refractivity contribution is 4.98. The second kappa shape index (κ2) is 18.2. The number of fused-ring (bicyclic) bond motifs is 2. The van der Waals surface area contributed by atoms with Crippen LogP contribution >= 0.6 is 0 Å². The number of likely N-dealkylation sites (tertiary alicyclic amines) is 3. The molecule has 0 amide bonds. The monoisotopic (exact) mass is 523 g/mol. The Labute approximate surface area is 232 Å². The molecule has 0 saturated carbocycles. The first-order valence-corrected chi connectivity index (χ1v) is 16.1. The first kappa shape index (κ1) is 33.0. The molecule has 220 valence electrons. The van der Waals surface area contributed by atoms with Gasteiger partial charge in [-0.05, 0) is 114 Å². The molecule has 5 saturated heterocycles. The summed E-state index contributed by atoms with van der Waals surface area (Å²) in [4.78, 5) is 10.2. The fourth-order valence-corrected chi connectivity index (χ4v) is 6.29. The summed E-state index contributed by atoms with van der Waals surface area (Å²) in [6.07, 6.45) is 9.94. The summed E-state index contributed by atoms with van der Waals surface area (Å²) in [7, 11) is 0. The van der Waals surface area contributed by atoms with Crippen molar-refractivity contribution in [3.05, 3.63) is 0 Å². The second-order valence-electron chi connectivity index (χ2n) is 13.0. The van der Waals surface area contributed by atoms with E-state index in [1.165, 1.54) is 97.3 Å². The van der Waals surface area contributed by atoms with Crippen molar-refractivity contribution in [3.8, 4) is 0 Å². The van der Waals surface area contributed by atoms with Crippen molar-refractivity contribution in [2.24, 2.45) is 0 Å². The minimum absolute atomic E-state index is 0.729. The highest BCUT2D eigenvalue weighted by Crippen LogP contribution is 2.24. The summed E-state index contributed by atoms with van der Waals surface area (Å²) >= 11 is 0. The molecule has 6 nitrogen and oxygen atoms in total. The van der Waals surface area contributed by atoms with Crippen LogP contribution in [0, 0.1) is 0 Å². The van der Waals surface area contributed by atoms with Gasteiger partial charge in [-0.2, -0.15) is 0 Å². The molecule has 5 aliphatic heterocycles. The van der Waals surface area contributed by atoms with Crippen molar-refractivity contribution in [3.63, 3.8) is 0 Å². The number of piperidine rings is 2. The number of rotatable bonds is 4. The molecule has 0 aromatic rings. The van der Waals surface area contributed by atoms with E-state index in [2.05, 4.69) is 85.6 Å². The normalized spacial score (nSPS) is 27.6. The van der Waals surface area contributed by atoms with E-state index in [0.717, 1.165) is 49.3 Å². The van der Waals surface area contributed by atoms with Gasteiger partial charge in [-0.25, -0.2) is 0 Å². The molecule has 0 aromatic carbocycles. The minimum atomic E-state index is 0.729. The third-order valence-electron chi connectivity index (χ3n) is 8.89. The van der Waals surface area contributed by atoms with Crippen LogP contribution in [-0.2, 0) is 0 Å². The van der Waals surface area contributed by atoms with Gasteiger partial charge in [0.2, 0.25) is 0 Å². The fourth-order valence-electron chi connectivity index (χ4n) is 6.29. The zero-order chi connectivity index (χ0) is 27.2. The number of nitrogens with zero attached hydrogens (tertiary/aromatic N) is 4. The molecular formula is C31H66N6. The Hall–Kier alpha value is -0.240. The van der Waals surface area contributed by atoms with Crippen LogP contribution in [0.25, 0.3) is 0 Å². The van der Waals surface area contributed by atoms with Crippen LogP contribution in [0.5, 0.6) is 0 Å². The summed E-state index contributed by atoms with van der Waals surface area (Å²) in [5, 5.41) is 6.83. The molecule has 2 atom stereocenters. The lowest BCUT2D eigenvalue weighted by atomic mass is 10.1. The van der Waals surface area contributed by atoms with Gasteiger partial charge in [0.15, 0.2) is 0 Å². The molecule has 37 heavy (non-hydrogen) atoms. The van der Waals surface area contributed by atoms with Crippen LogP contribution in [0.3, 0.4) is 0 Å². The van der Waals surface area contributed by atoms with E-state index in [1.807, 2.05) is 0 Å². The maximum atomic E-state index is 3.50. The average Bonchev–Trinajstić information content (AvgIpc) is 3.56. The number of nitrogens with one attached hydrogen (secondary N) is 2. The molecule has 5 fully saturated rings. The maximum Gasteiger partial charge on any atom is 0.0239 e. The van der Waals surface area contributed by atoms with Crippen molar-refractivity contribution >= 4 is 0 Å². The zero-order valence-electron chi connectivity index (χ0n) is 26.3. The Kier molecular flexibility index (Phi) is 16.2. The van der Waals surface area contributed by atoms with Gasteiger partial charge in [0, 0.05) is 75.5 Å². The van der Waals surface area contributed by atoms with E-state index >= 15 is 0 Å². The average molecular weight is 523 g/mol. The Morgan fingerprint density at radius 3 is 1.22 bits per heavy atom. The zero-order valence-corrected chi connectivity index (χ0v) is 26.3. The third-order valence-corrected chi connectivity index (χ3v) is 8.89. The van der Waals surface area contributed by atoms with Crippen LogP contribution in [-0.4, -0.2) is 121 Å². The Morgan fingerprint density at radius 1 is 0.541 bits per heavy atom. The van der Waals surface area contributed by atoms with Gasteiger partial charge in [0.1, 0.15) is 0 Å². The molecule has 6 heteroatoms. The smallest absolute Gasteiger partial charge is 0.0239 e. The molecule has 0 aromatic heterocycles. The van der Waals surface area contributed by atoms with Gasteiger partial charge < -0.3 is 20.4 Å². The molecule has 2 unspecified atom stereocenters. The highest BCUT2D eigenvalue weighted by Gasteiger charge is 2.38. The molecule has 5 heterocycles. The van der Waals surface area contributed by atoms with Gasteiger partial charge in [0.25, 0.3) is 0 Å². The second-order valence-corrected chi connectivity index (χ2v) is 13.0. The van der Waals surface area contributed by atoms with E-state index in [1.54, 1.807) is 0 Å². The van der Waals surface area contributed by atoms with Crippen molar-refractivity contribution in [1.82, 2.24) is 30.2 Å². The number of hydrogen-bond donors (Lipinski definition) is 2. The summed E-state index contributed by atoms with van der Waals surface area (Å²) in [5.74, 6) is 0. The van der Waals surface area contributed by atoms with Gasteiger partial charge in [-0.1, -0.05) is 12.8 Å². The number of hydrogen-bond acceptors (Lipinski definition) is 6. The third kappa shape index (κ3) is 12.7. The molecule has 0 radical (unpaired) electrons. The highest BCUT2D eigenvalue weighted by atomic mass is 15.3. The van der Waals surface area contributed by atoms with Crippen molar-refractivity contribution in [2.45, 2.75) is 137 Å². The largest absolute Gasteiger partial charge is 0.314 e. The van der Waals surface area contributed by atoms with E-state index in [4.69, 9.17) is 0 Å². The minimum Gasteiger partial charge on any atom is -0.314 e. The predicted octanol–water partition coefficient (Wildman–Crippen LogP) is 4.50. The summed E-state index contributed by atoms with van der Waals surface area (Å²) in [6, 6.07) is 4.68. The van der Waals surface area contributed by atoms with Crippen molar-refractivity contribution in [1.29, 1.82) is 0 Å². The standard InChI is InChI=1S/C8H16N2.2C8H17N.C7H16N2/c1-6(2)10-5-7-3-8(10)4-9-7;2*1-8(2)9-6-4-3-5-7-9;1-7(2)9-5-3-8-4-6-9/h6-9H,3-5H2,1-2H3;2*8H,3-7H2,1-2H3;7-8H,3-6H2,1-2H3. The Balaban J connectivity index is 0.000000174. The molecule has 0 aliphatic carbocycles. The fraction of sp³-hybridized carbons (Fsp3) is 1.00. The maximum absolute atomic E-state index is 3.50. The van der Waals surface area contributed by atoms with E-state index in [-0.39, 0.29) is 0 Å². The molecule has 0 spiro atoms. The van der Waals surface area contributed by atoms with Gasteiger partial charge in [-0.15, -0.1) is 0 Å². The van der Waals surface area contributed by atoms with Crippen LogP contribution in [0.2, 0.25) is 0 Å². The Bertz CT molecular complexity index is 496. The van der Waals surface area contributed by atoms with Gasteiger partial charge >= 0.3 is 0 Å². The Morgan fingerprint density at radius 2 is 0.973 bits per heavy atom. The van der Waals surface area contributed by atoms with E-state index < -0.39 is 0 Å². The lowest BCUT2D eigenvalue weighted by Crippen LogP contribution is -2.46. The first-order valence-electron chi connectivity index (χ1n) is 16.1. The quantitative estimate of drug-likeness (QED) is 0.566. The summed E-state index contributed by atoms with van der Waals surface area (Å²) in [5.41, 5.74) is 0. The molecular weight excluding hydrogens is 456 g/mol. The van der Waals surface area contributed by atoms with Crippen molar-refractivity contribution < 1.29 is 0 Å². The van der Waals surface area contributed by atoms with E-state index in [0.29, 0.717) is 0 Å². The van der Waals surface area contributed by atoms with Crippen LogP contribution in [0.15, 0.2) is 0 Å². The SMILES string of the molecule is CC(C)N1CC2CC1CN2.CC(C)N1CCCCC1.CC(C)N1CCCCC1.CC(C)N1CCNCC1. The summed E-state index contributed by atoms with van der Waals surface area (Å²) < 4.78 is 0. The van der Waals surface area contributed by atoms with E-state index in [9.17, 15) is 0 Å². The first-order chi connectivity index (χ1) is 17.7. The number of piperazine rings is 2. The van der Waals surface area contributed by atoms with Gasteiger partial charge in [0.05, 0.1) is 0 Å². The lowest BCUT2D eigenvalue weighted by Gasteiger charge is -2.30. The van der Waals surface area contributed by atoms with Crippen LogP contribution in [0.1, 0.15) is 100 Å². The van der Waals surface area contributed by atoms with Crippen molar-refractivity contribution in [2.75, 3.05) is 65.4 Å². The molecule has 5 aliphatic rings. The van der Waals surface area contributed by atoms with Crippen LogP contribution in [0.4, 0.5) is 0 Å².